The van der Waals surface area contributed by atoms with Gasteiger partial charge in [-0.15, -0.1) is 0 Å². The summed E-state index contributed by atoms with van der Waals surface area (Å²) in [4.78, 5) is 27.2. The lowest BCUT2D eigenvalue weighted by Gasteiger charge is -2.23. The summed E-state index contributed by atoms with van der Waals surface area (Å²) in [7, 11) is 1.28. The highest BCUT2D eigenvalue weighted by atomic mass is 79.9. The zero-order valence-corrected chi connectivity index (χ0v) is 11.4. The van der Waals surface area contributed by atoms with E-state index in [4.69, 9.17) is 0 Å². The molecule has 0 fully saturated rings. The highest BCUT2D eigenvalue weighted by Gasteiger charge is 2.30. The highest BCUT2D eigenvalue weighted by molar-refractivity contribution is 9.10. The first-order valence-electron chi connectivity index (χ1n) is 4.89. The Morgan fingerprint density at radius 2 is 2.12 bits per heavy atom. The number of nitrogens with one attached hydrogen (secondary N) is 1. The van der Waals surface area contributed by atoms with Crippen molar-refractivity contribution < 1.29 is 14.3 Å². The van der Waals surface area contributed by atoms with E-state index in [1.807, 2.05) is 0 Å². The van der Waals surface area contributed by atoms with Crippen molar-refractivity contribution in [1.82, 2.24) is 10.3 Å². The number of nitrogens with zero attached hydrogens (tertiary/aromatic N) is 1. The number of halogens is 1. The number of aromatic nitrogens is 1. The molecule has 0 aliphatic rings. The highest BCUT2D eigenvalue weighted by Crippen LogP contribution is 2.11. The molecule has 0 aromatic carbocycles. The second-order valence-electron chi connectivity index (χ2n) is 3.94. The van der Waals surface area contributed by atoms with Gasteiger partial charge in [-0.25, -0.2) is 9.78 Å². The summed E-state index contributed by atoms with van der Waals surface area (Å²) in [6.07, 6.45) is 1.50. The topological polar surface area (TPSA) is 68.3 Å². The van der Waals surface area contributed by atoms with Gasteiger partial charge in [-0.3, -0.25) is 4.79 Å². The Morgan fingerprint density at radius 3 is 2.65 bits per heavy atom. The molecule has 0 aliphatic heterocycles. The average Bonchev–Trinajstić information content (AvgIpc) is 2.27. The maximum atomic E-state index is 11.9. The second-order valence-corrected chi connectivity index (χ2v) is 4.75. The molecule has 17 heavy (non-hydrogen) atoms. The minimum absolute atomic E-state index is 0.358. The van der Waals surface area contributed by atoms with Crippen LogP contribution in [0.15, 0.2) is 22.9 Å². The number of methoxy groups -OCH3 is 1. The lowest BCUT2D eigenvalue weighted by atomic mass is 10.1. The molecular formula is C11H13BrN2O3. The monoisotopic (exact) mass is 300 g/mol. The van der Waals surface area contributed by atoms with E-state index in [1.165, 1.54) is 13.3 Å². The van der Waals surface area contributed by atoms with Gasteiger partial charge in [0.15, 0.2) is 0 Å². The van der Waals surface area contributed by atoms with Crippen LogP contribution in [0.25, 0.3) is 0 Å². The molecule has 0 saturated carbocycles. The van der Waals surface area contributed by atoms with E-state index in [0.29, 0.717) is 10.2 Å². The lowest BCUT2D eigenvalue weighted by Crippen LogP contribution is -2.50. The number of esters is 1. The number of carbonyl (C=O) groups excluding carboxylic acids is 2. The van der Waals surface area contributed by atoms with Gasteiger partial charge in [-0.05, 0) is 41.9 Å². The summed E-state index contributed by atoms with van der Waals surface area (Å²) in [6.45, 7) is 3.15. The van der Waals surface area contributed by atoms with E-state index in [2.05, 4.69) is 31.0 Å². The molecule has 0 atom stereocenters. The molecule has 6 heteroatoms. The Labute approximate surface area is 108 Å². The molecule has 1 rings (SSSR count). The van der Waals surface area contributed by atoms with Crippen LogP contribution in [0.1, 0.15) is 24.2 Å². The Morgan fingerprint density at radius 1 is 1.47 bits per heavy atom. The van der Waals surface area contributed by atoms with Gasteiger partial charge in [0.2, 0.25) is 0 Å². The Bertz CT molecular complexity index is 446. The third kappa shape index (κ3) is 3.52. The molecule has 1 amide bonds. The van der Waals surface area contributed by atoms with Crippen LogP contribution in [0.5, 0.6) is 0 Å². The van der Waals surface area contributed by atoms with Gasteiger partial charge in [-0.1, -0.05) is 0 Å². The lowest BCUT2D eigenvalue weighted by molar-refractivity contribution is -0.146. The van der Waals surface area contributed by atoms with Crippen LogP contribution < -0.4 is 5.32 Å². The normalized spacial score (nSPS) is 10.8. The fourth-order valence-corrected chi connectivity index (χ4v) is 1.57. The standard InChI is InChI=1S/C11H13BrN2O3/c1-11(2,10(16)17-3)14-9(15)7-4-5-13-8(12)6-7/h4-6H,1-3H3,(H,14,15). The summed E-state index contributed by atoms with van der Waals surface area (Å²) in [5.41, 5.74) is -0.648. The third-order valence-electron chi connectivity index (χ3n) is 2.11. The average molecular weight is 301 g/mol. The molecule has 1 heterocycles. The molecule has 0 bridgehead atoms. The fraction of sp³-hybridized carbons (Fsp3) is 0.364. The molecule has 92 valence electrons. The van der Waals surface area contributed by atoms with E-state index >= 15 is 0 Å². The van der Waals surface area contributed by atoms with E-state index < -0.39 is 11.5 Å². The number of amides is 1. The summed E-state index contributed by atoms with van der Waals surface area (Å²) in [5.74, 6) is -0.859. The largest absolute Gasteiger partial charge is 0.467 e. The summed E-state index contributed by atoms with van der Waals surface area (Å²) >= 11 is 3.17. The maximum Gasteiger partial charge on any atom is 0.330 e. The summed E-state index contributed by atoms with van der Waals surface area (Å²) in [5, 5.41) is 2.59. The van der Waals surface area contributed by atoms with Crippen molar-refractivity contribution in [3.05, 3.63) is 28.5 Å². The molecular weight excluding hydrogens is 288 g/mol. The Kier molecular flexibility index (Phi) is 4.22. The molecule has 5 nitrogen and oxygen atoms in total. The van der Waals surface area contributed by atoms with Gasteiger partial charge >= 0.3 is 5.97 Å². The smallest absolute Gasteiger partial charge is 0.330 e. The van der Waals surface area contributed by atoms with Gasteiger partial charge in [0.25, 0.3) is 5.91 Å². The molecule has 0 saturated heterocycles. The number of rotatable bonds is 3. The van der Waals surface area contributed by atoms with Crippen molar-refractivity contribution in [2.75, 3.05) is 7.11 Å². The number of hydrogen-bond acceptors (Lipinski definition) is 4. The van der Waals surface area contributed by atoms with Crippen LogP contribution in [0.3, 0.4) is 0 Å². The first-order valence-corrected chi connectivity index (χ1v) is 5.68. The van der Waals surface area contributed by atoms with Crippen molar-refractivity contribution in [3.63, 3.8) is 0 Å². The van der Waals surface area contributed by atoms with E-state index in [-0.39, 0.29) is 5.91 Å². The fourth-order valence-electron chi connectivity index (χ4n) is 1.21. The van der Waals surface area contributed by atoms with Crippen molar-refractivity contribution in [2.24, 2.45) is 0 Å². The minimum Gasteiger partial charge on any atom is -0.467 e. The van der Waals surface area contributed by atoms with Crippen LogP contribution >= 0.6 is 15.9 Å². The van der Waals surface area contributed by atoms with Crippen molar-refractivity contribution in [3.8, 4) is 0 Å². The summed E-state index contributed by atoms with van der Waals surface area (Å²) in [6, 6.07) is 3.14. The Balaban J connectivity index is 2.83. The molecule has 0 unspecified atom stereocenters. The van der Waals surface area contributed by atoms with Crippen molar-refractivity contribution >= 4 is 27.8 Å². The zero-order chi connectivity index (χ0) is 13.1. The first kappa shape index (κ1) is 13.6. The quantitative estimate of drug-likeness (QED) is 0.679. The van der Waals surface area contributed by atoms with E-state index in [0.717, 1.165) is 0 Å². The van der Waals surface area contributed by atoms with Crippen molar-refractivity contribution in [2.45, 2.75) is 19.4 Å². The van der Waals surface area contributed by atoms with Gasteiger partial charge in [0.05, 0.1) is 7.11 Å². The molecule has 0 spiro atoms. The second kappa shape index (κ2) is 5.27. The first-order chi connectivity index (χ1) is 7.86. The zero-order valence-electron chi connectivity index (χ0n) is 9.78. The van der Waals surface area contributed by atoms with Crippen LogP contribution in [-0.2, 0) is 9.53 Å². The molecule has 1 N–H and O–H groups in total. The van der Waals surface area contributed by atoms with Gasteiger partial charge in [0.1, 0.15) is 10.1 Å². The molecule has 0 radical (unpaired) electrons. The van der Waals surface area contributed by atoms with E-state index in [1.54, 1.807) is 26.0 Å². The molecule has 1 aromatic rings. The number of carbonyl (C=O) groups is 2. The maximum absolute atomic E-state index is 11.9. The van der Waals surface area contributed by atoms with Crippen LogP contribution in [0, 0.1) is 0 Å². The predicted octanol–water partition coefficient (Wildman–Crippen LogP) is 1.53. The van der Waals surface area contributed by atoms with Gasteiger partial charge in [-0.2, -0.15) is 0 Å². The van der Waals surface area contributed by atoms with Crippen LogP contribution in [-0.4, -0.2) is 29.5 Å². The third-order valence-corrected chi connectivity index (χ3v) is 2.54. The predicted molar refractivity (Wildman–Crippen MR) is 65.5 cm³/mol. The Hall–Kier alpha value is -1.43. The van der Waals surface area contributed by atoms with Crippen LogP contribution in [0.2, 0.25) is 0 Å². The van der Waals surface area contributed by atoms with E-state index in [9.17, 15) is 9.59 Å². The van der Waals surface area contributed by atoms with Crippen LogP contribution in [0.4, 0.5) is 0 Å². The van der Waals surface area contributed by atoms with Crippen molar-refractivity contribution in [1.29, 1.82) is 0 Å². The number of pyridine rings is 1. The number of ether oxygens (including phenoxy) is 1. The van der Waals surface area contributed by atoms with Gasteiger partial charge < -0.3 is 10.1 Å². The van der Waals surface area contributed by atoms with Gasteiger partial charge in [0, 0.05) is 11.8 Å². The molecule has 1 aromatic heterocycles. The number of hydrogen-bond donors (Lipinski definition) is 1. The minimum atomic E-state index is -1.07. The molecule has 0 aliphatic carbocycles. The summed E-state index contributed by atoms with van der Waals surface area (Å²) < 4.78 is 5.16. The SMILES string of the molecule is COC(=O)C(C)(C)NC(=O)c1ccnc(Br)c1.